The maximum absolute atomic E-state index is 4.22. The summed E-state index contributed by atoms with van der Waals surface area (Å²) >= 11 is 0. The van der Waals surface area contributed by atoms with Crippen LogP contribution < -0.4 is 10.6 Å². The summed E-state index contributed by atoms with van der Waals surface area (Å²) in [5, 5.41) is 8.25. The SMILES string of the molecule is C1=CC2C3=C(C=CC2CC1)C1=C(CCCC1)C(C1C=C(C2=CCCCC2)N[C@@H](C2CC=CCC2)N1)C3. The van der Waals surface area contributed by atoms with Gasteiger partial charge in [-0.05, 0) is 125 Å². The molecule has 0 aromatic rings. The first kappa shape index (κ1) is 23.1. The molecule has 0 saturated carbocycles. The van der Waals surface area contributed by atoms with Crippen LogP contribution in [0.3, 0.4) is 0 Å². The predicted molar refractivity (Wildman–Crippen MR) is 150 cm³/mol. The Morgan fingerprint density at radius 3 is 2.61 bits per heavy atom. The molecule has 0 saturated heterocycles. The van der Waals surface area contributed by atoms with Crippen LogP contribution >= 0.6 is 0 Å². The van der Waals surface area contributed by atoms with Gasteiger partial charge in [-0.3, -0.25) is 5.32 Å². The van der Waals surface area contributed by atoms with Gasteiger partial charge in [0, 0.05) is 23.6 Å². The van der Waals surface area contributed by atoms with E-state index in [1.54, 1.807) is 27.9 Å². The first-order valence-electron chi connectivity index (χ1n) is 15.2. The van der Waals surface area contributed by atoms with Crippen LogP contribution in [0.1, 0.15) is 89.9 Å². The predicted octanol–water partition coefficient (Wildman–Crippen LogP) is 7.95. The molecule has 0 aromatic carbocycles. The van der Waals surface area contributed by atoms with Crippen molar-refractivity contribution in [2.24, 2.45) is 23.7 Å². The second-order valence-electron chi connectivity index (χ2n) is 12.4. The van der Waals surface area contributed by atoms with Crippen molar-refractivity contribution in [2.75, 3.05) is 0 Å². The van der Waals surface area contributed by atoms with Crippen molar-refractivity contribution in [1.29, 1.82) is 0 Å². The zero-order chi connectivity index (χ0) is 23.9. The summed E-state index contributed by atoms with van der Waals surface area (Å²) in [4.78, 5) is 0. The zero-order valence-corrected chi connectivity index (χ0v) is 22.0. The van der Waals surface area contributed by atoms with E-state index < -0.39 is 0 Å². The lowest BCUT2D eigenvalue weighted by Crippen LogP contribution is -2.57. The second-order valence-corrected chi connectivity index (χ2v) is 12.4. The molecule has 1 aliphatic heterocycles. The third kappa shape index (κ3) is 4.24. The van der Waals surface area contributed by atoms with Crippen LogP contribution in [0.15, 0.2) is 82.2 Å². The summed E-state index contributed by atoms with van der Waals surface area (Å²) < 4.78 is 0. The van der Waals surface area contributed by atoms with Gasteiger partial charge in [0.25, 0.3) is 0 Å². The minimum Gasteiger partial charge on any atom is -0.370 e. The van der Waals surface area contributed by atoms with Gasteiger partial charge in [-0.1, -0.05) is 53.7 Å². The van der Waals surface area contributed by atoms with E-state index in [2.05, 4.69) is 59.2 Å². The molecule has 1 heterocycles. The third-order valence-electron chi connectivity index (χ3n) is 10.3. The van der Waals surface area contributed by atoms with Crippen molar-refractivity contribution in [3.63, 3.8) is 0 Å². The number of hydrogen-bond acceptors (Lipinski definition) is 2. The van der Waals surface area contributed by atoms with E-state index in [4.69, 9.17) is 0 Å². The third-order valence-corrected chi connectivity index (χ3v) is 10.3. The van der Waals surface area contributed by atoms with E-state index in [0.29, 0.717) is 30.0 Å². The van der Waals surface area contributed by atoms with Gasteiger partial charge in [0.1, 0.15) is 0 Å². The molecule has 190 valence electrons. The van der Waals surface area contributed by atoms with Crippen molar-refractivity contribution < 1.29 is 0 Å². The minimum absolute atomic E-state index is 0.388. The molecule has 0 bridgehead atoms. The monoisotopic (exact) mass is 480 g/mol. The molecule has 0 aromatic heterocycles. The normalized spacial score (nSPS) is 38.0. The Morgan fingerprint density at radius 1 is 0.806 bits per heavy atom. The molecule has 2 nitrogen and oxygen atoms in total. The van der Waals surface area contributed by atoms with Gasteiger partial charge in [0.15, 0.2) is 0 Å². The first-order valence-corrected chi connectivity index (χ1v) is 15.2. The molecule has 2 heteroatoms. The lowest BCUT2D eigenvalue weighted by Gasteiger charge is -2.46. The summed E-state index contributed by atoms with van der Waals surface area (Å²) in [6.45, 7) is 0. The van der Waals surface area contributed by atoms with E-state index in [0.717, 1.165) is 5.92 Å². The van der Waals surface area contributed by atoms with E-state index in [1.807, 2.05) is 0 Å². The highest BCUT2D eigenvalue weighted by atomic mass is 15.2. The van der Waals surface area contributed by atoms with E-state index >= 15 is 0 Å². The molecule has 6 atom stereocenters. The Balaban J connectivity index is 1.26. The molecule has 0 amide bonds. The molecular weight excluding hydrogens is 436 g/mol. The Hall–Kier alpha value is -2.06. The van der Waals surface area contributed by atoms with Crippen LogP contribution in [-0.2, 0) is 0 Å². The van der Waals surface area contributed by atoms with Crippen molar-refractivity contribution in [3.8, 4) is 0 Å². The average molecular weight is 481 g/mol. The molecule has 6 aliphatic carbocycles. The Labute approximate surface area is 218 Å². The quantitative estimate of drug-likeness (QED) is 0.400. The van der Waals surface area contributed by atoms with Crippen molar-refractivity contribution >= 4 is 0 Å². The molecule has 0 spiro atoms. The molecule has 5 unspecified atom stereocenters. The molecular formula is C34H44N2. The molecule has 36 heavy (non-hydrogen) atoms. The maximum atomic E-state index is 4.22. The smallest absolute Gasteiger partial charge is 0.0804 e. The van der Waals surface area contributed by atoms with Gasteiger partial charge >= 0.3 is 0 Å². The van der Waals surface area contributed by atoms with Crippen LogP contribution in [0, 0.1) is 23.7 Å². The van der Waals surface area contributed by atoms with Crippen LogP contribution in [0.25, 0.3) is 0 Å². The summed E-state index contributed by atoms with van der Waals surface area (Å²) in [7, 11) is 0. The van der Waals surface area contributed by atoms with E-state index in [1.165, 1.54) is 95.6 Å². The number of nitrogens with one attached hydrogen (secondary N) is 2. The molecule has 0 radical (unpaired) electrons. The maximum Gasteiger partial charge on any atom is 0.0804 e. The fraction of sp³-hybridized carbons (Fsp3) is 0.588. The van der Waals surface area contributed by atoms with Crippen LogP contribution in [0.5, 0.6) is 0 Å². The standard InChI is InChI=1S/C34H44N2/c1-3-12-24(13-4-1)32-22-33(36-34(35-32)25-14-5-2-6-15-25)31-21-30-26-16-8-7-11-23(26)19-20-29(30)27-17-9-10-18-28(27)31/h2,5,8,12,16,19-20,22-23,25-26,31,33-36H,1,3-4,6-7,9-11,13-15,17-18,21H2/t23?,25?,26?,31?,33?,34-/m1/s1. The number of hydrogen-bond donors (Lipinski definition) is 2. The highest BCUT2D eigenvalue weighted by Crippen LogP contribution is 2.51. The van der Waals surface area contributed by atoms with E-state index in [9.17, 15) is 0 Å². The highest BCUT2D eigenvalue weighted by Gasteiger charge is 2.41. The van der Waals surface area contributed by atoms with Crippen LogP contribution in [0.2, 0.25) is 0 Å². The first-order chi connectivity index (χ1) is 17.8. The van der Waals surface area contributed by atoms with Crippen molar-refractivity contribution in [3.05, 3.63) is 82.2 Å². The number of rotatable bonds is 3. The summed E-state index contributed by atoms with van der Waals surface area (Å²) in [6, 6.07) is 0.439. The molecule has 7 rings (SSSR count). The largest absolute Gasteiger partial charge is 0.370 e. The topological polar surface area (TPSA) is 24.1 Å². The van der Waals surface area contributed by atoms with Gasteiger partial charge in [0.05, 0.1) is 6.17 Å². The number of fused-ring (bicyclic) bond motifs is 3. The average Bonchev–Trinajstić information content (AvgIpc) is 2.97. The highest BCUT2D eigenvalue weighted by molar-refractivity contribution is 5.55. The zero-order valence-electron chi connectivity index (χ0n) is 22.0. The summed E-state index contributed by atoms with van der Waals surface area (Å²) in [6.07, 6.45) is 38.6. The van der Waals surface area contributed by atoms with E-state index in [-0.39, 0.29) is 0 Å². The summed E-state index contributed by atoms with van der Waals surface area (Å²) in [5.41, 5.74) is 10.0. The van der Waals surface area contributed by atoms with Gasteiger partial charge in [-0.15, -0.1) is 0 Å². The minimum atomic E-state index is 0.388. The Bertz CT molecular complexity index is 1090. The molecule has 0 fully saturated rings. The van der Waals surface area contributed by atoms with Crippen molar-refractivity contribution in [2.45, 2.75) is 102 Å². The van der Waals surface area contributed by atoms with Gasteiger partial charge in [-0.25, -0.2) is 0 Å². The summed E-state index contributed by atoms with van der Waals surface area (Å²) in [5.74, 6) is 2.67. The van der Waals surface area contributed by atoms with Crippen molar-refractivity contribution in [1.82, 2.24) is 10.6 Å². The van der Waals surface area contributed by atoms with Gasteiger partial charge in [-0.2, -0.15) is 0 Å². The second kappa shape index (κ2) is 10.0. The Morgan fingerprint density at radius 2 is 1.72 bits per heavy atom. The Kier molecular flexibility index (Phi) is 6.42. The lowest BCUT2D eigenvalue weighted by atomic mass is 9.63. The molecule has 2 N–H and O–H groups in total. The van der Waals surface area contributed by atoms with Crippen LogP contribution in [0.4, 0.5) is 0 Å². The van der Waals surface area contributed by atoms with Crippen LogP contribution in [-0.4, -0.2) is 12.2 Å². The fourth-order valence-electron chi connectivity index (χ4n) is 8.42. The van der Waals surface area contributed by atoms with Gasteiger partial charge < -0.3 is 5.32 Å². The molecule has 7 aliphatic rings. The van der Waals surface area contributed by atoms with Gasteiger partial charge in [0.2, 0.25) is 0 Å². The lowest BCUT2D eigenvalue weighted by molar-refractivity contribution is 0.244. The fourth-order valence-corrected chi connectivity index (χ4v) is 8.42. The number of allylic oxidation sites excluding steroid dienone is 11.